The normalized spacial score (nSPS) is 10.4. The minimum Gasteiger partial charge on any atom is -0.497 e. The fourth-order valence-corrected chi connectivity index (χ4v) is 1.97. The van der Waals surface area contributed by atoms with Gasteiger partial charge in [0.1, 0.15) is 11.4 Å². The number of hydrogen-bond acceptors (Lipinski definition) is 6. The molecule has 7 heteroatoms. The van der Waals surface area contributed by atoms with Gasteiger partial charge in [-0.05, 0) is 42.0 Å². The third kappa shape index (κ3) is 4.33. The number of carbonyl (C=O) groups excluding carboxylic acids is 1. The van der Waals surface area contributed by atoms with Crippen LogP contribution < -0.4 is 10.1 Å². The van der Waals surface area contributed by atoms with Crippen molar-refractivity contribution in [2.24, 2.45) is 0 Å². The van der Waals surface area contributed by atoms with Crippen LogP contribution in [0.3, 0.4) is 0 Å². The average Bonchev–Trinajstić information content (AvgIpc) is 2.60. The molecule has 0 aliphatic heterocycles. The first-order valence-electron chi connectivity index (χ1n) is 6.99. The highest BCUT2D eigenvalue weighted by Gasteiger charge is 2.14. The lowest BCUT2D eigenvalue weighted by atomic mass is 10.1. The highest BCUT2D eigenvalue weighted by molar-refractivity contribution is 5.87. The Morgan fingerprint density at radius 2 is 1.88 bits per heavy atom. The molecule has 0 fully saturated rings. The highest BCUT2D eigenvalue weighted by atomic mass is 16.6. The summed E-state index contributed by atoms with van der Waals surface area (Å²) in [5.74, 6) is 0.163. The minimum atomic E-state index is -0.530. The number of methoxy groups -OCH3 is 2. The lowest BCUT2D eigenvalue weighted by Gasteiger charge is -2.08. The molecule has 0 unspecified atom stereocenters. The maximum Gasteiger partial charge on any atom is 0.330 e. The zero-order valence-electron chi connectivity index (χ0n) is 13.2. The van der Waals surface area contributed by atoms with Gasteiger partial charge in [-0.15, -0.1) is 0 Å². The van der Waals surface area contributed by atoms with Crippen molar-refractivity contribution < 1.29 is 19.2 Å². The maximum atomic E-state index is 11.3. The molecule has 0 heterocycles. The second kappa shape index (κ2) is 7.77. The van der Waals surface area contributed by atoms with E-state index in [1.54, 1.807) is 43.5 Å². The number of nitrogens with one attached hydrogen (secondary N) is 1. The van der Waals surface area contributed by atoms with Gasteiger partial charge in [0.05, 0.1) is 19.1 Å². The second-order valence-corrected chi connectivity index (χ2v) is 4.74. The van der Waals surface area contributed by atoms with E-state index < -0.39 is 10.9 Å². The lowest BCUT2D eigenvalue weighted by molar-refractivity contribution is -0.383. The zero-order valence-corrected chi connectivity index (χ0v) is 13.2. The SMILES string of the molecule is COC(=O)/C=C/c1ccc(Nc2ccc(OC)cc2)c([N+](=O)[O-])c1. The van der Waals surface area contributed by atoms with Gasteiger partial charge in [0, 0.05) is 17.8 Å². The van der Waals surface area contributed by atoms with Gasteiger partial charge < -0.3 is 14.8 Å². The monoisotopic (exact) mass is 328 g/mol. The van der Waals surface area contributed by atoms with Crippen LogP contribution in [-0.2, 0) is 9.53 Å². The van der Waals surface area contributed by atoms with E-state index in [-0.39, 0.29) is 5.69 Å². The molecule has 0 radical (unpaired) electrons. The topological polar surface area (TPSA) is 90.7 Å². The number of rotatable bonds is 6. The Hall–Kier alpha value is -3.35. The summed E-state index contributed by atoms with van der Waals surface area (Å²) in [6, 6.07) is 11.6. The first kappa shape index (κ1) is 17.0. The number of ether oxygens (including phenoxy) is 2. The van der Waals surface area contributed by atoms with Crippen LogP contribution in [0.4, 0.5) is 17.1 Å². The molecule has 124 valence electrons. The Bertz CT molecular complexity index is 769. The van der Waals surface area contributed by atoms with Gasteiger partial charge >= 0.3 is 5.97 Å². The molecule has 24 heavy (non-hydrogen) atoms. The van der Waals surface area contributed by atoms with Crippen LogP contribution >= 0.6 is 0 Å². The Labute approximate surface area is 138 Å². The summed E-state index contributed by atoms with van der Waals surface area (Å²) in [5.41, 5.74) is 1.46. The molecule has 0 aliphatic rings. The van der Waals surface area contributed by atoms with Crippen LogP contribution in [0.5, 0.6) is 5.75 Å². The molecule has 2 rings (SSSR count). The van der Waals surface area contributed by atoms with E-state index >= 15 is 0 Å². The largest absolute Gasteiger partial charge is 0.497 e. The van der Waals surface area contributed by atoms with Crippen LogP contribution in [0.15, 0.2) is 48.5 Å². The zero-order chi connectivity index (χ0) is 17.5. The van der Waals surface area contributed by atoms with Crippen molar-refractivity contribution in [3.63, 3.8) is 0 Å². The number of nitrogens with zero attached hydrogens (tertiary/aromatic N) is 1. The van der Waals surface area contributed by atoms with Crippen molar-refractivity contribution in [3.8, 4) is 5.75 Å². The van der Waals surface area contributed by atoms with Crippen LogP contribution in [0.25, 0.3) is 6.08 Å². The number of carbonyl (C=O) groups is 1. The summed E-state index contributed by atoms with van der Waals surface area (Å²) in [7, 11) is 2.82. The van der Waals surface area contributed by atoms with Gasteiger partial charge in [-0.25, -0.2) is 4.79 Å². The molecule has 0 aliphatic carbocycles. The van der Waals surface area contributed by atoms with Crippen LogP contribution in [-0.4, -0.2) is 25.1 Å². The van der Waals surface area contributed by atoms with Gasteiger partial charge in [0.25, 0.3) is 5.69 Å². The molecule has 7 nitrogen and oxygen atoms in total. The molecule has 2 aromatic carbocycles. The highest BCUT2D eigenvalue weighted by Crippen LogP contribution is 2.29. The molecule has 0 amide bonds. The average molecular weight is 328 g/mol. The first-order valence-corrected chi connectivity index (χ1v) is 6.99. The fraction of sp³-hybridized carbons (Fsp3) is 0.118. The molecular weight excluding hydrogens is 312 g/mol. The molecule has 0 bridgehead atoms. The van der Waals surface area contributed by atoms with Crippen LogP contribution in [0.2, 0.25) is 0 Å². The van der Waals surface area contributed by atoms with Gasteiger partial charge in [0.2, 0.25) is 0 Å². The number of nitro benzene ring substituents is 1. The van der Waals surface area contributed by atoms with Crippen molar-refractivity contribution >= 4 is 29.1 Å². The number of hydrogen-bond donors (Lipinski definition) is 1. The van der Waals surface area contributed by atoms with Crippen molar-refractivity contribution in [1.82, 2.24) is 0 Å². The Balaban J connectivity index is 2.27. The summed E-state index contributed by atoms with van der Waals surface area (Å²) in [6.07, 6.45) is 2.66. The quantitative estimate of drug-likeness (QED) is 0.377. The summed E-state index contributed by atoms with van der Waals surface area (Å²) >= 11 is 0. The fourth-order valence-electron chi connectivity index (χ4n) is 1.97. The first-order chi connectivity index (χ1) is 11.5. The third-order valence-electron chi connectivity index (χ3n) is 3.20. The van der Waals surface area contributed by atoms with Gasteiger partial charge in [-0.3, -0.25) is 10.1 Å². The van der Waals surface area contributed by atoms with E-state index in [2.05, 4.69) is 10.1 Å². The molecular formula is C17H16N2O5. The second-order valence-electron chi connectivity index (χ2n) is 4.74. The van der Waals surface area contributed by atoms with E-state index in [0.717, 1.165) is 0 Å². The molecule has 0 saturated carbocycles. The summed E-state index contributed by atoms with van der Waals surface area (Å²) < 4.78 is 9.56. The predicted octanol–water partition coefficient (Wildman–Crippen LogP) is 3.53. The smallest absolute Gasteiger partial charge is 0.330 e. The van der Waals surface area contributed by atoms with Crippen LogP contribution in [0.1, 0.15) is 5.56 Å². The van der Waals surface area contributed by atoms with E-state index in [4.69, 9.17) is 4.74 Å². The number of benzene rings is 2. The number of nitro groups is 1. The van der Waals surface area contributed by atoms with Crippen LogP contribution in [0, 0.1) is 10.1 Å². The minimum absolute atomic E-state index is 0.0992. The number of esters is 1. The van der Waals surface area contributed by atoms with Gasteiger partial charge in [0.15, 0.2) is 0 Å². The Kier molecular flexibility index (Phi) is 5.51. The van der Waals surface area contributed by atoms with Gasteiger partial charge in [-0.1, -0.05) is 6.07 Å². The summed E-state index contributed by atoms with van der Waals surface area (Å²) in [5, 5.41) is 14.3. The van der Waals surface area contributed by atoms with Crippen molar-refractivity contribution in [1.29, 1.82) is 0 Å². The molecule has 0 aromatic heterocycles. The van der Waals surface area contributed by atoms with Crippen molar-refractivity contribution in [2.45, 2.75) is 0 Å². The van der Waals surface area contributed by atoms with Gasteiger partial charge in [-0.2, -0.15) is 0 Å². The molecule has 0 atom stereocenters. The molecule has 2 aromatic rings. The van der Waals surface area contributed by atoms with Crippen molar-refractivity contribution in [2.75, 3.05) is 19.5 Å². The maximum absolute atomic E-state index is 11.3. The van der Waals surface area contributed by atoms with E-state index in [1.807, 2.05) is 0 Å². The number of anilines is 2. The molecule has 0 saturated heterocycles. The summed E-state index contributed by atoms with van der Waals surface area (Å²) in [4.78, 5) is 21.9. The van der Waals surface area contributed by atoms with E-state index in [0.29, 0.717) is 22.7 Å². The van der Waals surface area contributed by atoms with E-state index in [9.17, 15) is 14.9 Å². The Morgan fingerprint density at radius 3 is 2.46 bits per heavy atom. The van der Waals surface area contributed by atoms with E-state index in [1.165, 1.54) is 25.3 Å². The third-order valence-corrected chi connectivity index (χ3v) is 3.20. The molecule has 1 N–H and O–H groups in total. The van der Waals surface area contributed by atoms with Crippen molar-refractivity contribution in [3.05, 3.63) is 64.2 Å². The standard InChI is InChI=1S/C17H16N2O5/c1-23-14-7-5-13(6-8-14)18-15-9-3-12(4-10-17(20)24-2)11-16(15)19(21)22/h3-11,18H,1-2H3/b10-4+. The predicted molar refractivity (Wildman–Crippen MR) is 90.4 cm³/mol. The lowest BCUT2D eigenvalue weighted by Crippen LogP contribution is -1.98. The molecule has 0 spiro atoms. The summed E-state index contributed by atoms with van der Waals surface area (Å²) in [6.45, 7) is 0. The Morgan fingerprint density at radius 1 is 1.17 bits per heavy atom.